The van der Waals surface area contributed by atoms with Gasteiger partial charge in [-0.15, -0.1) is 0 Å². The number of nitrogens with zero attached hydrogens (tertiary/aromatic N) is 3. The number of anilines is 1. The maximum Gasteiger partial charge on any atom is 0.212 e. The van der Waals surface area contributed by atoms with Crippen LogP contribution in [0.3, 0.4) is 0 Å². The Morgan fingerprint density at radius 2 is 2.20 bits per heavy atom. The van der Waals surface area contributed by atoms with Crippen molar-refractivity contribution in [3.63, 3.8) is 0 Å². The Labute approximate surface area is 208 Å². The summed E-state index contributed by atoms with van der Waals surface area (Å²) in [6.45, 7) is 2.56. The Morgan fingerprint density at radius 1 is 1.31 bits per heavy atom. The molecule has 0 aromatic carbocycles. The number of amides is 1. The van der Waals surface area contributed by atoms with Crippen molar-refractivity contribution in [2.75, 3.05) is 43.3 Å². The number of pyridine rings is 2. The summed E-state index contributed by atoms with van der Waals surface area (Å²) >= 11 is 2.03. The van der Waals surface area contributed by atoms with Crippen LogP contribution in [0.4, 0.5) is 5.82 Å². The summed E-state index contributed by atoms with van der Waals surface area (Å²) in [4.78, 5) is 20.6. The van der Waals surface area contributed by atoms with Crippen LogP contribution in [0.15, 0.2) is 24.5 Å². The summed E-state index contributed by atoms with van der Waals surface area (Å²) in [6, 6.07) is 3.98. The van der Waals surface area contributed by atoms with Gasteiger partial charge in [-0.1, -0.05) is 0 Å². The van der Waals surface area contributed by atoms with Crippen LogP contribution in [0.25, 0.3) is 22.2 Å². The van der Waals surface area contributed by atoms with Gasteiger partial charge in [-0.05, 0) is 36.3 Å². The molecule has 0 bridgehead atoms. The number of nitrogens with one attached hydrogen (secondary N) is 1. The predicted octanol–water partition coefficient (Wildman–Crippen LogP) is 3.91. The minimum Gasteiger partial charge on any atom is -0.493 e. The summed E-state index contributed by atoms with van der Waals surface area (Å²) < 4.78 is 20.7. The number of carbonyl (C=O) groups is 1. The first kappa shape index (κ1) is 22.8. The molecule has 1 N–H and O–H groups in total. The van der Waals surface area contributed by atoms with Crippen molar-refractivity contribution in [1.82, 2.24) is 14.5 Å². The molecule has 184 valence electrons. The lowest BCUT2D eigenvalue weighted by molar-refractivity contribution is -0.105. The molecule has 6 rings (SSSR count). The van der Waals surface area contributed by atoms with Gasteiger partial charge in [-0.3, -0.25) is 4.79 Å². The highest BCUT2D eigenvalue weighted by Gasteiger charge is 2.44. The second-order valence-electron chi connectivity index (χ2n) is 9.60. The van der Waals surface area contributed by atoms with Crippen molar-refractivity contribution >= 4 is 34.9 Å². The summed E-state index contributed by atoms with van der Waals surface area (Å²) in [7, 11) is 1.99. The van der Waals surface area contributed by atoms with Gasteiger partial charge >= 0.3 is 0 Å². The van der Waals surface area contributed by atoms with E-state index in [1.165, 1.54) is 24.3 Å². The molecule has 0 saturated carbocycles. The minimum absolute atomic E-state index is 0.508. The molecule has 0 radical (unpaired) electrons. The van der Waals surface area contributed by atoms with E-state index in [0.717, 1.165) is 58.6 Å². The molecule has 3 aromatic rings. The van der Waals surface area contributed by atoms with Gasteiger partial charge in [0.15, 0.2) is 0 Å². The number of aryl methyl sites for hydroxylation is 1. The highest BCUT2D eigenvalue weighted by atomic mass is 32.2. The van der Waals surface area contributed by atoms with Gasteiger partial charge in [0.05, 0.1) is 42.9 Å². The van der Waals surface area contributed by atoms with Crippen LogP contribution in [-0.4, -0.2) is 58.9 Å². The number of thioether (sulfide) groups is 1. The van der Waals surface area contributed by atoms with Crippen LogP contribution in [0.2, 0.25) is 0 Å². The zero-order valence-electron chi connectivity index (χ0n) is 19.9. The second kappa shape index (κ2) is 9.44. The SMILES string of the molecule is Cn1cc(-c2cc(OCC3CCSCC3)c3c(n2)C2(CCOC2)OCC3)c2cc(NC=O)ncc21. The molecule has 3 aromatic heterocycles. The molecule has 35 heavy (non-hydrogen) atoms. The van der Waals surface area contributed by atoms with E-state index in [9.17, 15) is 4.79 Å². The number of hydrogen-bond donors (Lipinski definition) is 1. The van der Waals surface area contributed by atoms with E-state index < -0.39 is 5.60 Å². The van der Waals surface area contributed by atoms with Gasteiger partial charge in [-0.2, -0.15) is 11.8 Å². The summed E-state index contributed by atoms with van der Waals surface area (Å²) in [5, 5.41) is 3.64. The van der Waals surface area contributed by atoms with E-state index >= 15 is 0 Å². The van der Waals surface area contributed by atoms with Crippen LogP contribution in [-0.2, 0) is 33.3 Å². The molecule has 1 spiro atoms. The van der Waals surface area contributed by atoms with Gasteiger partial charge in [0.1, 0.15) is 17.2 Å². The van der Waals surface area contributed by atoms with E-state index in [4.69, 9.17) is 19.2 Å². The van der Waals surface area contributed by atoms with Crippen molar-refractivity contribution in [3.05, 3.63) is 35.8 Å². The number of fused-ring (bicyclic) bond motifs is 3. The smallest absolute Gasteiger partial charge is 0.212 e. The summed E-state index contributed by atoms with van der Waals surface area (Å²) in [5.74, 6) is 4.43. The molecule has 1 unspecified atom stereocenters. The molecule has 2 saturated heterocycles. The number of aromatic nitrogens is 3. The molecule has 0 aliphatic carbocycles. The fourth-order valence-electron chi connectivity index (χ4n) is 5.44. The molecule has 8 nitrogen and oxygen atoms in total. The molecule has 6 heterocycles. The number of rotatable bonds is 6. The quantitative estimate of drug-likeness (QED) is 0.520. The van der Waals surface area contributed by atoms with Crippen molar-refractivity contribution in [2.45, 2.75) is 31.3 Å². The monoisotopic (exact) mass is 494 g/mol. The molecule has 1 amide bonds. The second-order valence-corrected chi connectivity index (χ2v) is 10.8. The van der Waals surface area contributed by atoms with Gasteiger partial charge in [0.25, 0.3) is 0 Å². The standard InChI is InChI=1S/C26H30N4O4S/c1-30-13-20(19-10-24(28-16-31)27-12-22(19)30)21-11-23(33-14-17-3-8-35-9-4-17)18-2-6-34-26(25(18)29-21)5-7-32-15-26/h10-13,16-17H,2-9,14-15H2,1H3,(H,27,28,31). The third kappa shape index (κ3) is 4.19. The normalized spacial score (nSPS) is 22.4. The summed E-state index contributed by atoms with van der Waals surface area (Å²) in [6.07, 6.45) is 8.47. The fourth-order valence-corrected chi connectivity index (χ4v) is 6.64. The number of carbonyl (C=O) groups excluding carboxylic acids is 1. The maximum atomic E-state index is 11.0. The Hall–Kier alpha value is -2.62. The topological polar surface area (TPSA) is 87.5 Å². The van der Waals surface area contributed by atoms with Crippen LogP contribution >= 0.6 is 11.8 Å². The van der Waals surface area contributed by atoms with Gasteiger partial charge in [0.2, 0.25) is 6.41 Å². The number of hydrogen-bond acceptors (Lipinski definition) is 7. The lowest BCUT2D eigenvalue weighted by Gasteiger charge is -2.35. The Morgan fingerprint density at radius 3 is 3.00 bits per heavy atom. The minimum atomic E-state index is -0.514. The van der Waals surface area contributed by atoms with Gasteiger partial charge < -0.3 is 24.1 Å². The molecule has 3 aliphatic rings. The largest absolute Gasteiger partial charge is 0.493 e. The van der Waals surface area contributed by atoms with Crippen molar-refractivity contribution in [2.24, 2.45) is 13.0 Å². The van der Waals surface area contributed by atoms with Crippen LogP contribution in [0.5, 0.6) is 5.75 Å². The predicted molar refractivity (Wildman–Crippen MR) is 136 cm³/mol. The third-order valence-electron chi connectivity index (χ3n) is 7.40. The highest BCUT2D eigenvalue weighted by Crippen LogP contribution is 2.44. The van der Waals surface area contributed by atoms with E-state index in [2.05, 4.69) is 22.6 Å². The third-order valence-corrected chi connectivity index (χ3v) is 8.45. The molecule has 1 atom stereocenters. The average Bonchev–Trinajstić information content (AvgIpc) is 3.48. The molecular formula is C26H30N4O4S. The first-order valence-corrected chi connectivity index (χ1v) is 13.4. The van der Waals surface area contributed by atoms with E-state index in [-0.39, 0.29) is 0 Å². The van der Waals surface area contributed by atoms with E-state index in [0.29, 0.717) is 38.0 Å². The Bertz CT molecular complexity index is 1250. The zero-order valence-corrected chi connectivity index (χ0v) is 20.7. The first-order valence-electron chi connectivity index (χ1n) is 12.3. The van der Waals surface area contributed by atoms with Crippen LogP contribution < -0.4 is 10.1 Å². The van der Waals surface area contributed by atoms with Crippen LogP contribution in [0.1, 0.15) is 30.5 Å². The maximum absolute atomic E-state index is 11.0. The van der Waals surface area contributed by atoms with Gasteiger partial charge in [-0.25, -0.2) is 9.97 Å². The molecule has 2 fully saturated rings. The van der Waals surface area contributed by atoms with Crippen molar-refractivity contribution < 1.29 is 19.0 Å². The van der Waals surface area contributed by atoms with Crippen molar-refractivity contribution in [3.8, 4) is 17.0 Å². The molecular weight excluding hydrogens is 464 g/mol. The molecule has 9 heteroatoms. The summed E-state index contributed by atoms with van der Waals surface area (Å²) in [5.41, 5.74) is 4.36. The Balaban J connectivity index is 1.47. The van der Waals surface area contributed by atoms with Crippen LogP contribution in [0, 0.1) is 5.92 Å². The number of ether oxygens (including phenoxy) is 3. The molecule has 3 aliphatic heterocycles. The average molecular weight is 495 g/mol. The van der Waals surface area contributed by atoms with E-state index in [1.807, 2.05) is 29.4 Å². The lowest BCUT2D eigenvalue weighted by atomic mass is 9.89. The highest BCUT2D eigenvalue weighted by molar-refractivity contribution is 7.99. The van der Waals surface area contributed by atoms with E-state index in [1.54, 1.807) is 6.20 Å². The van der Waals surface area contributed by atoms with Crippen molar-refractivity contribution in [1.29, 1.82) is 0 Å². The lowest BCUT2D eigenvalue weighted by Crippen LogP contribution is -2.37. The first-order chi connectivity index (χ1) is 17.2. The zero-order chi connectivity index (χ0) is 23.8. The fraction of sp³-hybridized carbons (Fsp3) is 0.500. The van der Waals surface area contributed by atoms with Gasteiger partial charge in [0, 0.05) is 55.3 Å². The Kier molecular flexibility index (Phi) is 6.16.